The number of benzene rings is 1. The van der Waals surface area contributed by atoms with Gasteiger partial charge in [0.15, 0.2) is 0 Å². The van der Waals surface area contributed by atoms with Crippen molar-refractivity contribution in [1.29, 1.82) is 0 Å². The lowest BCUT2D eigenvalue weighted by atomic mass is 10.2. The van der Waals surface area contributed by atoms with E-state index in [9.17, 15) is 8.42 Å². The number of sulfonamides is 1. The summed E-state index contributed by atoms with van der Waals surface area (Å²) in [5, 5.41) is 0.840. The molecule has 2 heterocycles. The van der Waals surface area contributed by atoms with Crippen molar-refractivity contribution in [3.63, 3.8) is 0 Å². The number of halogens is 2. The Morgan fingerprint density at radius 1 is 1.25 bits per heavy atom. The average Bonchev–Trinajstić information content (AvgIpc) is 3.01. The van der Waals surface area contributed by atoms with Gasteiger partial charge in [0.1, 0.15) is 6.10 Å². The predicted octanol–water partition coefficient (Wildman–Crippen LogP) is 2.93. The van der Waals surface area contributed by atoms with E-state index in [1.807, 2.05) is 0 Å². The van der Waals surface area contributed by atoms with Crippen LogP contribution in [0.25, 0.3) is 0 Å². The smallest absolute Gasteiger partial charge is 0.316 e. The van der Waals surface area contributed by atoms with Crippen LogP contribution in [0.15, 0.2) is 35.5 Å². The Balaban J connectivity index is 1.74. The van der Waals surface area contributed by atoms with E-state index >= 15 is 0 Å². The molecule has 1 aromatic carbocycles. The summed E-state index contributed by atoms with van der Waals surface area (Å²) >= 11 is 11.8. The summed E-state index contributed by atoms with van der Waals surface area (Å²) in [5.74, 6) is 0. The maximum Gasteiger partial charge on any atom is 0.316 e. The van der Waals surface area contributed by atoms with E-state index in [1.165, 1.54) is 16.7 Å². The molecule has 6 nitrogen and oxygen atoms in total. The van der Waals surface area contributed by atoms with E-state index in [0.717, 1.165) is 0 Å². The molecule has 128 valence electrons. The third-order valence-corrected chi connectivity index (χ3v) is 6.43. The third kappa shape index (κ3) is 3.49. The normalized spacial score (nSPS) is 18.7. The van der Waals surface area contributed by atoms with Crippen molar-refractivity contribution in [2.75, 3.05) is 13.1 Å². The largest absolute Gasteiger partial charge is 0.459 e. The summed E-state index contributed by atoms with van der Waals surface area (Å²) in [7, 11) is -3.62. The molecule has 0 saturated carbocycles. The molecule has 1 saturated heterocycles. The van der Waals surface area contributed by atoms with Gasteiger partial charge in [0.05, 0.1) is 28.9 Å². The van der Waals surface area contributed by atoms with Gasteiger partial charge in [-0.15, -0.1) is 0 Å². The van der Waals surface area contributed by atoms with E-state index in [-0.39, 0.29) is 23.6 Å². The zero-order chi connectivity index (χ0) is 17.3. The van der Waals surface area contributed by atoms with Gasteiger partial charge in [-0.05, 0) is 31.0 Å². The predicted molar refractivity (Wildman–Crippen MR) is 91.0 cm³/mol. The first-order valence-electron chi connectivity index (χ1n) is 7.27. The van der Waals surface area contributed by atoms with Gasteiger partial charge in [-0.3, -0.25) is 0 Å². The van der Waals surface area contributed by atoms with Gasteiger partial charge in [0, 0.05) is 11.6 Å². The highest BCUT2D eigenvalue weighted by atomic mass is 35.5. The molecule has 1 fully saturated rings. The number of hydrogen-bond donors (Lipinski definition) is 0. The monoisotopic (exact) mass is 387 g/mol. The third-order valence-electron chi connectivity index (χ3n) is 3.81. The van der Waals surface area contributed by atoms with Crippen LogP contribution in [-0.4, -0.2) is 41.9 Å². The van der Waals surface area contributed by atoms with E-state index in [2.05, 4.69) is 9.97 Å². The lowest BCUT2D eigenvalue weighted by molar-refractivity contribution is 0.197. The van der Waals surface area contributed by atoms with Crippen molar-refractivity contribution in [3.05, 3.63) is 46.2 Å². The van der Waals surface area contributed by atoms with Crippen LogP contribution < -0.4 is 4.74 Å². The highest BCUT2D eigenvalue weighted by Gasteiger charge is 2.35. The molecule has 0 amide bonds. The van der Waals surface area contributed by atoms with Gasteiger partial charge >= 0.3 is 6.01 Å². The Labute approximate surface area is 150 Å². The molecule has 9 heteroatoms. The standard InChI is InChI=1S/C15H15Cl2N3O3S/c1-10-13(17)3-2-4-14(10)24(21,22)20-6-5-12(9-20)23-15-18-7-11(16)8-19-15/h2-4,7-8,12H,5-6,9H2,1H3/t12-/m0/s1. The maximum atomic E-state index is 12.8. The summed E-state index contributed by atoms with van der Waals surface area (Å²) in [4.78, 5) is 8.15. The van der Waals surface area contributed by atoms with Gasteiger partial charge in [-0.25, -0.2) is 18.4 Å². The van der Waals surface area contributed by atoms with Gasteiger partial charge in [0.25, 0.3) is 0 Å². The first kappa shape index (κ1) is 17.4. The number of nitrogens with zero attached hydrogens (tertiary/aromatic N) is 3. The van der Waals surface area contributed by atoms with E-state index in [1.54, 1.807) is 25.1 Å². The maximum absolute atomic E-state index is 12.8. The second kappa shape index (κ2) is 6.84. The van der Waals surface area contributed by atoms with E-state index in [0.29, 0.717) is 28.6 Å². The topological polar surface area (TPSA) is 72.4 Å². The second-order valence-electron chi connectivity index (χ2n) is 5.44. The minimum absolute atomic E-state index is 0.183. The number of rotatable bonds is 4. The SMILES string of the molecule is Cc1c(Cl)cccc1S(=O)(=O)N1CC[C@H](Oc2ncc(Cl)cn2)C1. The van der Waals surface area contributed by atoms with Gasteiger partial charge in [-0.1, -0.05) is 29.3 Å². The minimum Gasteiger partial charge on any atom is -0.459 e. The Bertz CT molecular complexity index is 844. The molecule has 1 aromatic heterocycles. The lowest BCUT2D eigenvalue weighted by Gasteiger charge is -2.18. The summed E-state index contributed by atoms with van der Waals surface area (Å²) in [6.45, 7) is 2.30. The highest BCUT2D eigenvalue weighted by molar-refractivity contribution is 7.89. The Hall–Kier alpha value is -1.41. The Morgan fingerprint density at radius 3 is 2.67 bits per heavy atom. The summed E-state index contributed by atoms with van der Waals surface area (Å²) in [6, 6.07) is 5.05. The zero-order valence-corrected chi connectivity index (χ0v) is 15.1. The van der Waals surface area contributed by atoms with Crippen molar-refractivity contribution in [2.24, 2.45) is 0 Å². The number of hydrogen-bond acceptors (Lipinski definition) is 5. The molecule has 2 aromatic rings. The number of ether oxygens (including phenoxy) is 1. The van der Waals surface area contributed by atoms with Crippen molar-refractivity contribution in [2.45, 2.75) is 24.3 Å². The van der Waals surface area contributed by atoms with Crippen LogP contribution in [0.1, 0.15) is 12.0 Å². The first-order valence-corrected chi connectivity index (χ1v) is 9.47. The molecular formula is C15H15Cl2N3O3S. The van der Waals surface area contributed by atoms with Crippen LogP contribution in [-0.2, 0) is 10.0 Å². The summed E-state index contributed by atoms with van der Waals surface area (Å²) < 4.78 is 32.7. The summed E-state index contributed by atoms with van der Waals surface area (Å²) in [6.07, 6.45) is 3.12. The Kier molecular flexibility index (Phi) is 4.96. The molecule has 1 atom stereocenters. The molecule has 24 heavy (non-hydrogen) atoms. The molecule has 1 aliphatic rings. The molecular weight excluding hydrogens is 373 g/mol. The summed E-state index contributed by atoms with van der Waals surface area (Å²) in [5.41, 5.74) is 0.546. The fraction of sp³-hybridized carbons (Fsp3) is 0.333. The molecule has 3 rings (SSSR count). The second-order valence-corrected chi connectivity index (χ2v) is 8.19. The van der Waals surface area contributed by atoms with Crippen LogP contribution in [0.3, 0.4) is 0 Å². The zero-order valence-electron chi connectivity index (χ0n) is 12.8. The molecule has 0 unspecified atom stereocenters. The van der Waals surface area contributed by atoms with Crippen molar-refractivity contribution < 1.29 is 13.2 Å². The first-order chi connectivity index (χ1) is 11.4. The fourth-order valence-electron chi connectivity index (χ4n) is 2.53. The van der Waals surface area contributed by atoms with Gasteiger partial charge < -0.3 is 4.74 Å². The van der Waals surface area contributed by atoms with Gasteiger partial charge in [-0.2, -0.15) is 4.31 Å². The molecule has 0 radical (unpaired) electrons. The molecule has 1 aliphatic heterocycles. The molecule has 0 aliphatic carbocycles. The van der Waals surface area contributed by atoms with Crippen LogP contribution in [0.2, 0.25) is 10.0 Å². The van der Waals surface area contributed by atoms with Crippen LogP contribution in [0.5, 0.6) is 6.01 Å². The quantitative estimate of drug-likeness (QED) is 0.806. The van der Waals surface area contributed by atoms with Crippen LogP contribution in [0, 0.1) is 6.92 Å². The fourth-order valence-corrected chi connectivity index (χ4v) is 4.59. The molecule has 0 bridgehead atoms. The lowest BCUT2D eigenvalue weighted by Crippen LogP contribution is -2.31. The average molecular weight is 388 g/mol. The van der Waals surface area contributed by atoms with E-state index in [4.69, 9.17) is 27.9 Å². The Morgan fingerprint density at radius 2 is 1.96 bits per heavy atom. The number of aromatic nitrogens is 2. The van der Waals surface area contributed by atoms with Gasteiger partial charge in [0.2, 0.25) is 10.0 Å². The van der Waals surface area contributed by atoms with Crippen LogP contribution >= 0.6 is 23.2 Å². The van der Waals surface area contributed by atoms with Crippen molar-refractivity contribution in [3.8, 4) is 6.01 Å². The van der Waals surface area contributed by atoms with E-state index < -0.39 is 10.0 Å². The van der Waals surface area contributed by atoms with Crippen LogP contribution in [0.4, 0.5) is 0 Å². The highest BCUT2D eigenvalue weighted by Crippen LogP contribution is 2.28. The molecule has 0 spiro atoms. The minimum atomic E-state index is -3.62. The molecule has 0 N–H and O–H groups in total. The van der Waals surface area contributed by atoms with Crippen molar-refractivity contribution in [1.82, 2.24) is 14.3 Å². The van der Waals surface area contributed by atoms with Crippen molar-refractivity contribution >= 4 is 33.2 Å².